The molecular formula is C14H17F2NO2. The summed E-state index contributed by atoms with van der Waals surface area (Å²) in [6.45, 7) is 2.87. The molecule has 1 aromatic rings. The van der Waals surface area contributed by atoms with E-state index in [2.05, 4.69) is 0 Å². The highest BCUT2D eigenvalue weighted by molar-refractivity contribution is 5.70. The van der Waals surface area contributed by atoms with Gasteiger partial charge in [0.25, 0.3) is 0 Å². The molecule has 1 N–H and O–H groups in total. The van der Waals surface area contributed by atoms with Crippen molar-refractivity contribution in [3.8, 4) is 0 Å². The molecule has 0 radical (unpaired) electrons. The molecule has 2 atom stereocenters. The smallest absolute Gasteiger partial charge is 0.307 e. The monoisotopic (exact) mass is 269 g/mol. The van der Waals surface area contributed by atoms with Crippen LogP contribution in [0.5, 0.6) is 0 Å². The van der Waals surface area contributed by atoms with E-state index in [1.165, 1.54) is 6.07 Å². The summed E-state index contributed by atoms with van der Waals surface area (Å²) in [5.74, 6) is -2.18. The molecule has 3 nitrogen and oxygen atoms in total. The van der Waals surface area contributed by atoms with Crippen LogP contribution in [0.1, 0.15) is 31.4 Å². The van der Waals surface area contributed by atoms with Gasteiger partial charge in [-0.15, -0.1) is 0 Å². The maximum Gasteiger partial charge on any atom is 0.307 e. The zero-order valence-corrected chi connectivity index (χ0v) is 10.8. The number of carboxylic acids is 1. The number of carboxylic acid groups (broad SMARTS) is 1. The molecule has 0 amide bonds. The lowest BCUT2D eigenvalue weighted by Crippen LogP contribution is -2.40. The summed E-state index contributed by atoms with van der Waals surface area (Å²) in [7, 11) is 0. The molecule has 1 saturated heterocycles. The number of hydrogen-bond acceptors (Lipinski definition) is 2. The molecule has 19 heavy (non-hydrogen) atoms. The number of hydrogen-bond donors (Lipinski definition) is 1. The fraction of sp³-hybridized carbons (Fsp3) is 0.500. The van der Waals surface area contributed by atoms with Crippen molar-refractivity contribution < 1.29 is 18.7 Å². The van der Waals surface area contributed by atoms with Crippen molar-refractivity contribution in [3.63, 3.8) is 0 Å². The first-order valence-corrected chi connectivity index (χ1v) is 6.41. The lowest BCUT2D eigenvalue weighted by atomic mass is 9.95. The van der Waals surface area contributed by atoms with Crippen molar-refractivity contribution in [3.05, 3.63) is 35.4 Å². The van der Waals surface area contributed by atoms with E-state index in [0.29, 0.717) is 19.5 Å². The third-order valence-electron chi connectivity index (χ3n) is 3.76. The van der Waals surface area contributed by atoms with Crippen LogP contribution in [0.3, 0.4) is 0 Å². The number of likely N-dealkylation sites (tertiary alicyclic amines) is 1. The topological polar surface area (TPSA) is 40.5 Å². The molecule has 1 fully saturated rings. The van der Waals surface area contributed by atoms with E-state index in [1.54, 1.807) is 6.92 Å². The van der Waals surface area contributed by atoms with Crippen LogP contribution in [0, 0.1) is 17.6 Å². The summed E-state index contributed by atoms with van der Waals surface area (Å²) < 4.78 is 26.9. The van der Waals surface area contributed by atoms with Gasteiger partial charge in [-0.3, -0.25) is 9.69 Å². The molecule has 0 saturated carbocycles. The third kappa shape index (κ3) is 3.10. The second kappa shape index (κ2) is 5.65. The maximum atomic E-state index is 13.7. The van der Waals surface area contributed by atoms with E-state index in [4.69, 9.17) is 5.11 Å². The number of carbonyl (C=O) groups is 1. The highest BCUT2D eigenvalue weighted by Crippen LogP contribution is 2.28. The first-order valence-electron chi connectivity index (χ1n) is 6.41. The summed E-state index contributed by atoms with van der Waals surface area (Å²) in [4.78, 5) is 12.9. The first kappa shape index (κ1) is 13.9. The fourth-order valence-electron chi connectivity index (χ4n) is 2.59. The van der Waals surface area contributed by atoms with Crippen LogP contribution in [0.15, 0.2) is 18.2 Å². The quantitative estimate of drug-likeness (QED) is 0.917. The van der Waals surface area contributed by atoms with Gasteiger partial charge in [0.15, 0.2) is 0 Å². The van der Waals surface area contributed by atoms with Crippen molar-refractivity contribution >= 4 is 5.97 Å². The Morgan fingerprint density at radius 3 is 2.89 bits per heavy atom. The average molecular weight is 269 g/mol. The van der Waals surface area contributed by atoms with Gasteiger partial charge in [0.05, 0.1) is 5.92 Å². The zero-order chi connectivity index (χ0) is 14.0. The molecule has 1 aliphatic rings. The molecular weight excluding hydrogens is 252 g/mol. The van der Waals surface area contributed by atoms with Crippen LogP contribution in [0.25, 0.3) is 0 Å². The lowest BCUT2D eigenvalue weighted by molar-refractivity contribution is -0.143. The van der Waals surface area contributed by atoms with Crippen molar-refractivity contribution in [2.75, 3.05) is 13.1 Å². The summed E-state index contributed by atoms with van der Waals surface area (Å²) in [6, 6.07) is 3.06. The van der Waals surface area contributed by atoms with Gasteiger partial charge in [-0.25, -0.2) is 8.78 Å². The van der Waals surface area contributed by atoms with Crippen LogP contribution in [0.4, 0.5) is 8.78 Å². The Morgan fingerprint density at radius 1 is 1.47 bits per heavy atom. The van der Waals surface area contributed by atoms with Gasteiger partial charge >= 0.3 is 5.97 Å². The molecule has 1 aromatic carbocycles. The third-order valence-corrected chi connectivity index (χ3v) is 3.76. The lowest BCUT2D eigenvalue weighted by Gasteiger charge is -2.35. The maximum absolute atomic E-state index is 13.7. The van der Waals surface area contributed by atoms with E-state index in [0.717, 1.165) is 18.6 Å². The molecule has 0 bridgehead atoms. The van der Waals surface area contributed by atoms with E-state index in [-0.39, 0.29) is 11.6 Å². The predicted molar refractivity (Wildman–Crippen MR) is 66.7 cm³/mol. The van der Waals surface area contributed by atoms with E-state index in [9.17, 15) is 13.6 Å². The molecule has 104 valence electrons. The number of nitrogens with zero attached hydrogens (tertiary/aromatic N) is 1. The van der Waals surface area contributed by atoms with Crippen LogP contribution < -0.4 is 0 Å². The normalized spacial score (nSPS) is 22.2. The van der Waals surface area contributed by atoms with E-state index < -0.39 is 23.5 Å². The fourth-order valence-corrected chi connectivity index (χ4v) is 2.59. The molecule has 2 rings (SSSR count). The molecule has 1 aliphatic heterocycles. The minimum absolute atomic E-state index is 0.283. The molecule has 2 unspecified atom stereocenters. The van der Waals surface area contributed by atoms with Gasteiger partial charge in [0, 0.05) is 18.2 Å². The molecule has 1 heterocycles. The number of benzene rings is 1. The van der Waals surface area contributed by atoms with Crippen molar-refractivity contribution in [2.45, 2.75) is 25.8 Å². The largest absolute Gasteiger partial charge is 0.481 e. The van der Waals surface area contributed by atoms with Crippen molar-refractivity contribution in [1.82, 2.24) is 4.90 Å². The predicted octanol–water partition coefficient (Wildman–Crippen LogP) is 2.82. The van der Waals surface area contributed by atoms with Gasteiger partial charge in [-0.1, -0.05) is 0 Å². The summed E-state index contributed by atoms with van der Waals surface area (Å²) in [5, 5.41) is 9.05. The SMILES string of the molecule is CC(c1cc(F)ccc1F)N1CCCC(C(=O)O)C1. The van der Waals surface area contributed by atoms with E-state index >= 15 is 0 Å². The first-order chi connectivity index (χ1) is 8.99. The van der Waals surface area contributed by atoms with Crippen LogP contribution in [-0.2, 0) is 4.79 Å². The molecule has 0 aromatic heterocycles. The Labute approximate surface area is 110 Å². The Bertz CT molecular complexity index is 479. The molecule has 0 aliphatic carbocycles. The Balaban J connectivity index is 2.16. The minimum Gasteiger partial charge on any atom is -0.481 e. The average Bonchev–Trinajstić information content (AvgIpc) is 2.41. The van der Waals surface area contributed by atoms with Gasteiger partial charge in [0.2, 0.25) is 0 Å². The van der Waals surface area contributed by atoms with Crippen molar-refractivity contribution in [2.24, 2.45) is 5.92 Å². The number of piperidine rings is 1. The Morgan fingerprint density at radius 2 is 2.21 bits per heavy atom. The van der Waals surface area contributed by atoms with Crippen LogP contribution in [0.2, 0.25) is 0 Å². The molecule has 0 spiro atoms. The second-order valence-electron chi connectivity index (χ2n) is 5.01. The molecule has 5 heteroatoms. The van der Waals surface area contributed by atoms with Gasteiger partial charge in [-0.2, -0.15) is 0 Å². The number of halogens is 2. The van der Waals surface area contributed by atoms with Crippen molar-refractivity contribution in [1.29, 1.82) is 0 Å². The van der Waals surface area contributed by atoms with Crippen LogP contribution >= 0.6 is 0 Å². The van der Waals surface area contributed by atoms with Gasteiger partial charge in [0.1, 0.15) is 11.6 Å². The highest BCUT2D eigenvalue weighted by Gasteiger charge is 2.29. The zero-order valence-electron chi connectivity index (χ0n) is 10.8. The van der Waals surface area contributed by atoms with Gasteiger partial charge < -0.3 is 5.11 Å². The number of rotatable bonds is 3. The second-order valence-corrected chi connectivity index (χ2v) is 5.01. The summed E-state index contributed by atoms with van der Waals surface area (Å²) >= 11 is 0. The standard InChI is InChI=1S/C14H17F2NO2/c1-9(12-7-11(15)4-5-13(12)16)17-6-2-3-10(8-17)14(18)19/h4-5,7,9-10H,2-3,6,8H2,1H3,(H,18,19). The van der Waals surface area contributed by atoms with Gasteiger partial charge in [-0.05, 0) is 44.5 Å². The van der Waals surface area contributed by atoms with Crippen LogP contribution in [-0.4, -0.2) is 29.1 Å². The minimum atomic E-state index is -0.823. The summed E-state index contributed by atoms with van der Waals surface area (Å²) in [6.07, 6.45) is 1.41. The number of aliphatic carboxylic acids is 1. The van der Waals surface area contributed by atoms with E-state index in [1.807, 2.05) is 4.90 Å². The Hall–Kier alpha value is -1.49. The Kier molecular flexibility index (Phi) is 4.14. The highest BCUT2D eigenvalue weighted by atomic mass is 19.1. The summed E-state index contributed by atoms with van der Waals surface area (Å²) in [5.41, 5.74) is 0.283.